The van der Waals surface area contributed by atoms with Gasteiger partial charge in [-0.05, 0) is 12.1 Å². The van der Waals surface area contributed by atoms with E-state index < -0.39 is 0 Å². The molecule has 9 aromatic rings. The highest BCUT2D eigenvalue weighted by molar-refractivity contribution is 6.11. The van der Waals surface area contributed by atoms with Crippen molar-refractivity contribution < 1.29 is 8.83 Å². The molecule has 0 saturated heterocycles. The smallest absolute Gasteiger partial charge is 0.231 e. The van der Waals surface area contributed by atoms with Crippen LogP contribution in [-0.2, 0) is 0 Å². The topological polar surface area (TPSA) is 77.8 Å². The van der Waals surface area contributed by atoms with Crippen LogP contribution in [0.1, 0.15) is 0 Å². The Bertz CT molecular complexity index is 2480. The van der Waals surface area contributed by atoms with Crippen LogP contribution in [0.15, 0.2) is 142 Å². The Labute approximate surface area is 251 Å². The van der Waals surface area contributed by atoms with E-state index in [4.69, 9.17) is 28.8 Å². The lowest BCUT2D eigenvalue weighted by atomic mass is 10.0. The minimum Gasteiger partial charge on any atom is -0.438 e. The molecule has 0 fully saturated rings. The summed E-state index contributed by atoms with van der Waals surface area (Å²) >= 11 is 0. The number of hydrogen-bond acceptors (Lipinski definition) is 6. The molecule has 0 bridgehead atoms. The Morgan fingerprint density at radius 2 is 0.727 bits per heavy atom. The van der Waals surface area contributed by atoms with Crippen molar-refractivity contribution in [1.29, 1.82) is 0 Å². The third-order valence-corrected chi connectivity index (χ3v) is 7.97. The van der Waals surface area contributed by atoms with Crippen LogP contribution in [0.25, 0.3) is 89.4 Å². The Hall–Kier alpha value is -6.14. The molecule has 0 spiro atoms. The van der Waals surface area contributed by atoms with Crippen LogP contribution < -0.4 is 0 Å². The van der Waals surface area contributed by atoms with Gasteiger partial charge in [0.2, 0.25) is 11.4 Å². The minimum atomic E-state index is 0.560. The molecule has 0 amide bonds. The maximum absolute atomic E-state index is 6.23. The van der Waals surface area contributed by atoms with E-state index in [1.165, 1.54) is 0 Å². The van der Waals surface area contributed by atoms with Gasteiger partial charge in [-0.2, -0.15) is 9.97 Å². The maximum atomic E-state index is 6.23. The number of furan rings is 2. The zero-order chi connectivity index (χ0) is 29.0. The number of benzene rings is 5. The van der Waals surface area contributed by atoms with Crippen LogP contribution in [0.5, 0.6) is 0 Å². The van der Waals surface area contributed by atoms with Gasteiger partial charge in [-0.3, -0.25) is 0 Å². The van der Waals surface area contributed by atoms with Crippen LogP contribution in [0, 0.1) is 0 Å². The molecule has 0 aliphatic heterocycles. The molecule has 4 aromatic heterocycles. The Balaban J connectivity index is 1.22. The molecule has 0 aliphatic rings. The molecule has 4 heterocycles. The summed E-state index contributed by atoms with van der Waals surface area (Å²) in [6, 6.07) is 44.3. The van der Waals surface area contributed by atoms with Gasteiger partial charge in [-0.15, -0.1) is 0 Å². The molecule has 5 aromatic carbocycles. The SMILES string of the molecule is c1ccc(-c2nc(-c3ccc(-c4nc(-c5ccccc5)c5c(n4)oc4ccccc45)cc3)c3c(n2)oc2ccccc23)cc1. The second-order valence-electron chi connectivity index (χ2n) is 10.7. The molecule has 44 heavy (non-hydrogen) atoms. The second-order valence-corrected chi connectivity index (χ2v) is 10.7. The predicted molar refractivity (Wildman–Crippen MR) is 174 cm³/mol. The fraction of sp³-hybridized carbons (Fsp3) is 0. The molecule has 9 rings (SSSR count). The van der Waals surface area contributed by atoms with E-state index in [2.05, 4.69) is 30.3 Å². The molecular weight excluding hydrogens is 544 g/mol. The molecule has 6 heteroatoms. The van der Waals surface area contributed by atoms with Gasteiger partial charge in [-0.25, -0.2) is 9.97 Å². The Morgan fingerprint density at radius 3 is 1.25 bits per heavy atom. The Kier molecular flexibility index (Phi) is 5.40. The highest BCUT2D eigenvalue weighted by atomic mass is 16.3. The minimum absolute atomic E-state index is 0.560. The lowest BCUT2D eigenvalue weighted by Crippen LogP contribution is -1.95. The number of rotatable bonds is 4. The molecule has 0 saturated carbocycles. The highest BCUT2D eigenvalue weighted by Crippen LogP contribution is 2.38. The van der Waals surface area contributed by atoms with Gasteiger partial charge in [0.25, 0.3) is 0 Å². The standard InChI is InChI=1S/C38H22N4O2/c1-3-11-23(12-4-1)33-31-27-15-7-9-17-29(27)43-37(31)42-36(39-33)26-21-19-24(20-22-26)34-32-28-16-8-10-18-30(28)44-38(32)41-35(40-34)25-13-5-2-6-14-25/h1-22H. The van der Waals surface area contributed by atoms with Gasteiger partial charge in [0, 0.05) is 33.0 Å². The molecule has 206 valence electrons. The first-order chi connectivity index (χ1) is 21.8. The first-order valence-corrected chi connectivity index (χ1v) is 14.4. The fourth-order valence-electron chi connectivity index (χ4n) is 5.88. The van der Waals surface area contributed by atoms with Crippen molar-refractivity contribution in [2.45, 2.75) is 0 Å². The van der Waals surface area contributed by atoms with E-state index in [1.807, 2.05) is 103 Å². The van der Waals surface area contributed by atoms with E-state index in [1.54, 1.807) is 0 Å². The zero-order valence-corrected chi connectivity index (χ0v) is 23.3. The van der Waals surface area contributed by atoms with Crippen LogP contribution in [0.4, 0.5) is 0 Å². The summed E-state index contributed by atoms with van der Waals surface area (Å²) in [6.45, 7) is 0. The van der Waals surface area contributed by atoms with Crippen molar-refractivity contribution in [2.24, 2.45) is 0 Å². The average molecular weight is 567 g/mol. The summed E-state index contributed by atoms with van der Waals surface area (Å²) in [5.41, 5.74) is 8.09. The quantitative estimate of drug-likeness (QED) is 0.211. The number of nitrogens with zero attached hydrogens (tertiary/aromatic N) is 4. The summed E-state index contributed by atoms with van der Waals surface area (Å²) < 4.78 is 12.4. The molecule has 6 nitrogen and oxygen atoms in total. The van der Waals surface area contributed by atoms with E-state index in [-0.39, 0.29) is 0 Å². The lowest BCUT2D eigenvalue weighted by molar-refractivity contribution is 0.653. The van der Waals surface area contributed by atoms with Crippen molar-refractivity contribution in [3.8, 4) is 45.3 Å². The molecule has 0 atom stereocenters. The van der Waals surface area contributed by atoms with Crippen molar-refractivity contribution in [3.05, 3.63) is 133 Å². The first-order valence-electron chi connectivity index (χ1n) is 14.4. The van der Waals surface area contributed by atoms with E-state index in [0.29, 0.717) is 23.1 Å². The summed E-state index contributed by atoms with van der Waals surface area (Å²) in [7, 11) is 0. The van der Waals surface area contributed by atoms with Gasteiger partial charge in [0.05, 0.1) is 22.2 Å². The number of aromatic nitrogens is 4. The summed E-state index contributed by atoms with van der Waals surface area (Å²) in [5.74, 6) is 1.20. The summed E-state index contributed by atoms with van der Waals surface area (Å²) in [5, 5.41) is 3.78. The first kappa shape index (κ1) is 24.5. The van der Waals surface area contributed by atoms with Gasteiger partial charge in [0.1, 0.15) is 11.2 Å². The molecule has 0 aliphatic carbocycles. The second kappa shape index (κ2) is 9.71. The maximum Gasteiger partial charge on any atom is 0.231 e. The number of para-hydroxylation sites is 2. The van der Waals surface area contributed by atoms with Crippen LogP contribution in [0.2, 0.25) is 0 Å². The fourth-order valence-corrected chi connectivity index (χ4v) is 5.88. The average Bonchev–Trinajstić information content (AvgIpc) is 3.67. The van der Waals surface area contributed by atoms with Crippen LogP contribution in [-0.4, -0.2) is 19.9 Å². The van der Waals surface area contributed by atoms with E-state index in [0.717, 1.165) is 66.4 Å². The van der Waals surface area contributed by atoms with Gasteiger partial charge >= 0.3 is 0 Å². The van der Waals surface area contributed by atoms with E-state index in [9.17, 15) is 0 Å². The lowest BCUT2D eigenvalue weighted by Gasteiger charge is -2.09. The zero-order valence-electron chi connectivity index (χ0n) is 23.3. The molecule has 0 radical (unpaired) electrons. The normalized spacial score (nSPS) is 11.6. The number of fused-ring (bicyclic) bond motifs is 6. The van der Waals surface area contributed by atoms with Crippen molar-refractivity contribution in [3.63, 3.8) is 0 Å². The molecular formula is C38H22N4O2. The molecule has 0 N–H and O–H groups in total. The van der Waals surface area contributed by atoms with Gasteiger partial charge < -0.3 is 8.83 Å². The van der Waals surface area contributed by atoms with E-state index >= 15 is 0 Å². The Morgan fingerprint density at radius 1 is 0.341 bits per heavy atom. The van der Waals surface area contributed by atoms with Crippen molar-refractivity contribution in [2.75, 3.05) is 0 Å². The van der Waals surface area contributed by atoms with Crippen LogP contribution >= 0.6 is 0 Å². The third-order valence-electron chi connectivity index (χ3n) is 7.97. The summed E-state index contributed by atoms with van der Waals surface area (Å²) in [6.07, 6.45) is 0. The third kappa shape index (κ3) is 3.89. The van der Waals surface area contributed by atoms with Gasteiger partial charge in [0.15, 0.2) is 11.6 Å². The van der Waals surface area contributed by atoms with Gasteiger partial charge in [-0.1, -0.05) is 121 Å². The molecule has 0 unspecified atom stereocenters. The van der Waals surface area contributed by atoms with Crippen molar-refractivity contribution in [1.82, 2.24) is 19.9 Å². The highest BCUT2D eigenvalue weighted by Gasteiger charge is 2.20. The largest absolute Gasteiger partial charge is 0.438 e. The van der Waals surface area contributed by atoms with Crippen molar-refractivity contribution >= 4 is 44.1 Å². The number of hydrogen-bond donors (Lipinski definition) is 0. The van der Waals surface area contributed by atoms with Crippen LogP contribution in [0.3, 0.4) is 0 Å². The summed E-state index contributed by atoms with van der Waals surface area (Å²) in [4.78, 5) is 19.9. The monoisotopic (exact) mass is 566 g/mol. The predicted octanol–water partition coefficient (Wildman–Crippen LogP) is 9.73.